The summed E-state index contributed by atoms with van der Waals surface area (Å²) in [5, 5.41) is 9.17. The summed E-state index contributed by atoms with van der Waals surface area (Å²) in [6.45, 7) is 2.70. The summed E-state index contributed by atoms with van der Waals surface area (Å²) >= 11 is 0. The van der Waals surface area contributed by atoms with Crippen molar-refractivity contribution in [2.45, 2.75) is 6.04 Å². The zero-order valence-electron chi connectivity index (χ0n) is 8.90. The van der Waals surface area contributed by atoms with Gasteiger partial charge < -0.3 is 4.74 Å². The van der Waals surface area contributed by atoms with E-state index in [0.717, 1.165) is 13.1 Å². The van der Waals surface area contributed by atoms with Gasteiger partial charge in [0, 0.05) is 13.1 Å². The fourth-order valence-corrected chi connectivity index (χ4v) is 1.88. The van der Waals surface area contributed by atoms with Crippen LogP contribution in [0.5, 0.6) is 0 Å². The molecule has 1 aliphatic heterocycles. The quantitative estimate of drug-likeness (QED) is 0.761. The third-order valence-electron chi connectivity index (χ3n) is 2.70. The maximum absolute atomic E-state index is 13.1. The molecule has 1 saturated heterocycles. The van der Waals surface area contributed by atoms with Crippen LogP contribution in [0.4, 0.5) is 4.39 Å². The summed E-state index contributed by atoms with van der Waals surface area (Å²) in [5.74, 6) is -0.300. The minimum atomic E-state index is -0.375. The van der Waals surface area contributed by atoms with E-state index >= 15 is 0 Å². The van der Waals surface area contributed by atoms with Crippen molar-refractivity contribution >= 4 is 0 Å². The van der Waals surface area contributed by atoms with Gasteiger partial charge in [0.15, 0.2) is 0 Å². The Morgan fingerprint density at radius 1 is 1.38 bits per heavy atom. The second-order valence-corrected chi connectivity index (χ2v) is 3.73. The predicted molar refractivity (Wildman–Crippen MR) is 57.1 cm³/mol. The summed E-state index contributed by atoms with van der Waals surface area (Å²) in [6.07, 6.45) is 0. The molecule has 1 aliphatic rings. The van der Waals surface area contributed by atoms with Gasteiger partial charge in [-0.15, -0.1) is 0 Å². The molecule has 1 unspecified atom stereocenters. The van der Waals surface area contributed by atoms with E-state index in [0.29, 0.717) is 18.8 Å². The molecule has 0 N–H and O–H groups in total. The molecule has 1 aromatic carbocycles. The molecule has 1 heterocycles. The first kappa shape index (κ1) is 11.1. The van der Waals surface area contributed by atoms with Crippen molar-refractivity contribution in [1.29, 1.82) is 5.26 Å². The first-order valence-electron chi connectivity index (χ1n) is 5.28. The summed E-state index contributed by atoms with van der Waals surface area (Å²) in [7, 11) is 0. The van der Waals surface area contributed by atoms with E-state index in [1.165, 1.54) is 12.1 Å². The van der Waals surface area contributed by atoms with Crippen LogP contribution in [-0.4, -0.2) is 31.2 Å². The van der Waals surface area contributed by atoms with Crippen molar-refractivity contribution in [2.24, 2.45) is 0 Å². The van der Waals surface area contributed by atoms with Crippen LogP contribution in [-0.2, 0) is 4.74 Å². The average molecular weight is 220 g/mol. The second-order valence-electron chi connectivity index (χ2n) is 3.73. The lowest BCUT2D eigenvalue weighted by atomic mass is 10.1. The molecule has 84 valence electrons. The lowest BCUT2D eigenvalue weighted by molar-refractivity contribution is 0.0266. The van der Waals surface area contributed by atoms with Crippen molar-refractivity contribution in [3.05, 3.63) is 35.6 Å². The molecule has 0 aromatic heterocycles. The third kappa shape index (κ3) is 2.38. The molecule has 16 heavy (non-hydrogen) atoms. The Morgan fingerprint density at radius 3 is 2.75 bits per heavy atom. The second kappa shape index (κ2) is 5.06. The van der Waals surface area contributed by atoms with Crippen LogP contribution in [0.3, 0.4) is 0 Å². The van der Waals surface area contributed by atoms with Gasteiger partial charge in [-0.2, -0.15) is 5.26 Å². The Balaban J connectivity index is 2.18. The highest BCUT2D eigenvalue weighted by Crippen LogP contribution is 2.21. The van der Waals surface area contributed by atoms with Crippen LogP contribution in [0.2, 0.25) is 0 Å². The highest BCUT2D eigenvalue weighted by atomic mass is 19.1. The topological polar surface area (TPSA) is 36.3 Å². The molecule has 1 aromatic rings. The normalized spacial score (nSPS) is 19.0. The van der Waals surface area contributed by atoms with Gasteiger partial charge in [-0.3, -0.25) is 4.90 Å². The lowest BCUT2D eigenvalue weighted by Crippen LogP contribution is -2.38. The van der Waals surface area contributed by atoms with Crippen LogP contribution in [0, 0.1) is 17.1 Å². The highest BCUT2D eigenvalue weighted by Gasteiger charge is 2.22. The van der Waals surface area contributed by atoms with Crippen molar-refractivity contribution in [3.63, 3.8) is 0 Å². The smallest absolute Gasteiger partial charge is 0.124 e. The van der Waals surface area contributed by atoms with Crippen LogP contribution >= 0.6 is 0 Å². The fourth-order valence-electron chi connectivity index (χ4n) is 1.88. The van der Waals surface area contributed by atoms with Crippen molar-refractivity contribution < 1.29 is 9.13 Å². The molecule has 0 spiro atoms. The molecule has 0 aliphatic carbocycles. The van der Waals surface area contributed by atoms with Gasteiger partial charge in [-0.25, -0.2) is 4.39 Å². The molecular formula is C12H13FN2O. The predicted octanol–water partition coefficient (Wildman–Crippen LogP) is 1.72. The van der Waals surface area contributed by atoms with Gasteiger partial charge >= 0.3 is 0 Å². The number of morpholine rings is 1. The van der Waals surface area contributed by atoms with Crippen LogP contribution in [0.15, 0.2) is 24.3 Å². The molecule has 0 bridgehead atoms. The molecule has 1 atom stereocenters. The molecule has 0 amide bonds. The zero-order valence-corrected chi connectivity index (χ0v) is 8.90. The maximum Gasteiger partial charge on any atom is 0.124 e. The first-order valence-corrected chi connectivity index (χ1v) is 5.28. The minimum absolute atomic E-state index is 0.300. The van der Waals surface area contributed by atoms with E-state index in [9.17, 15) is 4.39 Å². The van der Waals surface area contributed by atoms with E-state index in [4.69, 9.17) is 10.00 Å². The van der Waals surface area contributed by atoms with Gasteiger partial charge in [-0.05, 0) is 17.7 Å². The molecule has 3 nitrogen and oxygen atoms in total. The van der Waals surface area contributed by atoms with E-state index in [2.05, 4.69) is 6.07 Å². The minimum Gasteiger partial charge on any atom is -0.379 e. The Kier molecular flexibility index (Phi) is 3.50. The van der Waals surface area contributed by atoms with E-state index in [1.807, 2.05) is 4.90 Å². The summed E-state index contributed by atoms with van der Waals surface area (Å²) in [4.78, 5) is 2.01. The first-order chi connectivity index (χ1) is 7.81. The molecule has 2 rings (SSSR count). The van der Waals surface area contributed by atoms with Crippen LogP contribution < -0.4 is 0 Å². The van der Waals surface area contributed by atoms with Gasteiger partial charge in [0.1, 0.15) is 11.9 Å². The Labute approximate surface area is 94.0 Å². The average Bonchev–Trinajstić information content (AvgIpc) is 2.31. The Hall–Kier alpha value is -1.44. The standard InChI is InChI=1S/C12H13FN2O/c13-11-3-1-2-10(8-11)12(9-14)15-4-6-16-7-5-15/h1-3,8,12H,4-7H2. The van der Waals surface area contributed by atoms with E-state index in [1.54, 1.807) is 12.1 Å². The molecule has 1 fully saturated rings. The highest BCUT2D eigenvalue weighted by molar-refractivity contribution is 5.25. The van der Waals surface area contributed by atoms with Gasteiger partial charge in [0.25, 0.3) is 0 Å². The summed E-state index contributed by atoms with van der Waals surface area (Å²) in [6, 6.07) is 8.07. The summed E-state index contributed by atoms with van der Waals surface area (Å²) < 4.78 is 18.3. The third-order valence-corrected chi connectivity index (χ3v) is 2.70. The number of rotatable bonds is 2. The zero-order chi connectivity index (χ0) is 11.4. The van der Waals surface area contributed by atoms with Crippen LogP contribution in [0.1, 0.15) is 11.6 Å². The largest absolute Gasteiger partial charge is 0.379 e. The number of hydrogen-bond donors (Lipinski definition) is 0. The monoisotopic (exact) mass is 220 g/mol. The van der Waals surface area contributed by atoms with Crippen LogP contribution in [0.25, 0.3) is 0 Å². The number of ether oxygens (including phenoxy) is 1. The SMILES string of the molecule is N#CC(c1cccc(F)c1)N1CCOCC1. The number of nitrogens with zero attached hydrogens (tertiary/aromatic N) is 2. The Bertz CT molecular complexity index is 396. The van der Waals surface area contributed by atoms with E-state index in [-0.39, 0.29) is 11.9 Å². The molecule has 0 saturated carbocycles. The number of nitriles is 1. The molecular weight excluding hydrogens is 207 g/mol. The molecule has 0 radical (unpaired) electrons. The van der Waals surface area contributed by atoms with Gasteiger partial charge in [0.05, 0.1) is 19.3 Å². The maximum atomic E-state index is 13.1. The lowest BCUT2D eigenvalue weighted by Gasteiger charge is -2.30. The summed E-state index contributed by atoms with van der Waals surface area (Å²) in [5.41, 5.74) is 0.712. The van der Waals surface area contributed by atoms with Crippen molar-refractivity contribution in [2.75, 3.05) is 26.3 Å². The number of halogens is 1. The van der Waals surface area contributed by atoms with Crippen molar-refractivity contribution in [1.82, 2.24) is 4.90 Å². The van der Waals surface area contributed by atoms with Gasteiger partial charge in [0.2, 0.25) is 0 Å². The van der Waals surface area contributed by atoms with Gasteiger partial charge in [-0.1, -0.05) is 12.1 Å². The molecule has 4 heteroatoms. The number of hydrogen-bond acceptors (Lipinski definition) is 3. The Morgan fingerprint density at radius 2 is 2.12 bits per heavy atom. The van der Waals surface area contributed by atoms with E-state index < -0.39 is 0 Å². The number of benzene rings is 1. The van der Waals surface area contributed by atoms with Crippen molar-refractivity contribution in [3.8, 4) is 6.07 Å². The fraction of sp³-hybridized carbons (Fsp3) is 0.417.